The molecule has 0 unspecified atom stereocenters. The first kappa shape index (κ1) is 19.1. The molecule has 0 bridgehead atoms. The van der Waals surface area contributed by atoms with Crippen LogP contribution in [0.3, 0.4) is 0 Å². The summed E-state index contributed by atoms with van der Waals surface area (Å²) >= 11 is 0. The fourth-order valence-electron chi connectivity index (χ4n) is 2.29. The summed E-state index contributed by atoms with van der Waals surface area (Å²) < 4.78 is 22.5. The number of nitrogens with two attached hydrogens (primary N) is 1. The predicted molar refractivity (Wildman–Crippen MR) is 100 cm³/mol. The first-order valence-corrected chi connectivity index (χ1v) is 9.57. The van der Waals surface area contributed by atoms with Gasteiger partial charge in [-0.3, -0.25) is 0 Å². The van der Waals surface area contributed by atoms with Gasteiger partial charge < -0.3 is 10.6 Å². The second kappa shape index (κ2) is 7.37. The molecule has 0 saturated heterocycles. The molecule has 0 fully saturated rings. The zero-order valence-electron chi connectivity index (χ0n) is 15.0. The third-order valence-corrected chi connectivity index (χ3v) is 4.24. The Hall–Kier alpha value is -2.19. The summed E-state index contributed by atoms with van der Waals surface area (Å²) in [7, 11) is -3.65. The van der Waals surface area contributed by atoms with Crippen LogP contribution in [0, 0.1) is 6.92 Å². The van der Waals surface area contributed by atoms with Crippen LogP contribution in [0.1, 0.15) is 32.2 Å². The summed E-state index contributed by atoms with van der Waals surface area (Å²) in [5.74, 6) is 2.22. The molecule has 2 aromatic rings. The standard InChI is InChI=1S/C17H25N5O2S/c1-12-20-15(11-16(21-12)22-17(2,3)4)19-10-9-13-5-7-14(8-6-13)25(18,23)24/h5-8,11H,9-10H2,1-4H3,(H2,18,23,24)(H2,19,20,21,22). The van der Waals surface area contributed by atoms with Gasteiger partial charge in [0.15, 0.2) is 0 Å². The van der Waals surface area contributed by atoms with Crippen LogP contribution in [-0.2, 0) is 16.4 Å². The number of aromatic nitrogens is 2. The lowest BCUT2D eigenvalue weighted by Crippen LogP contribution is -2.27. The van der Waals surface area contributed by atoms with Crippen LogP contribution in [-0.4, -0.2) is 30.5 Å². The number of primary sulfonamides is 1. The van der Waals surface area contributed by atoms with Crippen LogP contribution in [0.2, 0.25) is 0 Å². The highest BCUT2D eigenvalue weighted by atomic mass is 32.2. The van der Waals surface area contributed by atoms with Gasteiger partial charge in [0.1, 0.15) is 17.5 Å². The lowest BCUT2D eigenvalue weighted by atomic mass is 10.1. The second-order valence-corrected chi connectivity index (χ2v) is 8.49. The van der Waals surface area contributed by atoms with Crippen LogP contribution in [0.25, 0.3) is 0 Å². The molecule has 136 valence electrons. The first-order valence-electron chi connectivity index (χ1n) is 8.02. The van der Waals surface area contributed by atoms with Gasteiger partial charge in [-0.05, 0) is 51.8 Å². The van der Waals surface area contributed by atoms with Crippen molar-refractivity contribution in [3.8, 4) is 0 Å². The fraction of sp³-hybridized carbons (Fsp3) is 0.412. The molecule has 0 aliphatic heterocycles. The summed E-state index contributed by atoms with van der Waals surface area (Å²) in [6, 6.07) is 8.44. The van der Waals surface area contributed by atoms with Crippen molar-refractivity contribution >= 4 is 21.7 Å². The van der Waals surface area contributed by atoms with Crippen molar-refractivity contribution < 1.29 is 8.42 Å². The molecule has 0 aliphatic carbocycles. The van der Waals surface area contributed by atoms with Gasteiger partial charge in [0.25, 0.3) is 0 Å². The van der Waals surface area contributed by atoms with Gasteiger partial charge in [0, 0.05) is 18.2 Å². The number of nitrogens with zero attached hydrogens (tertiary/aromatic N) is 2. The predicted octanol–water partition coefficient (Wildman–Crippen LogP) is 2.30. The van der Waals surface area contributed by atoms with Crippen LogP contribution in [0.15, 0.2) is 35.2 Å². The van der Waals surface area contributed by atoms with Crippen LogP contribution >= 0.6 is 0 Å². The molecule has 8 heteroatoms. The normalized spacial score (nSPS) is 12.0. The monoisotopic (exact) mass is 363 g/mol. The van der Waals surface area contributed by atoms with Crippen molar-refractivity contribution in [1.82, 2.24) is 9.97 Å². The Morgan fingerprint density at radius 1 is 1.08 bits per heavy atom. The fourth-order valence-corrected chi connectivity index (χ4v) is 2.80. The molecule has 0 spiro atoms. The van der Waals surface area contributed by atoms with Gasteiger partial charge in [-0.25, -0.2) is 23.5 Å². The molecule has 7 nitrogen and oxygen atoms in total. The molecule has 25 heavy (non-hydrogen) atoms. The van der Waals surface area contributed by atoms with Crippen LogP contribution < -0.4 is 15.8 Å². The number of aryl methyl sites for hydroxylation is 1. The van der Waals surface area contributed by atoms with Gasteiger partial charge in [-0.2, -0.15) is 0 Å². The van der Waals surface area contributed by atoms with Crippen molar-refractivity contribution in [3.05, 3.63) is 41.7 Å². The average Bonchev–Trinajstić information content (AvgIpc) is 2.44. The number of nitrogens with one attached hydrogen (secondary N) is 2. The number of anilines is 2. The molecule has 0 saturated carbocycles. The summed E-state index contributed by atoms with van der Waals surface area (Å²) in [5.41, 5.74) is 0.932. The molecular weight excluding hydrogens is 338 g/mol. The molecule has 0 radical (unpaired) electrons. The van der Waals surface area contributed by atoms with E-state index in [1.165, 1.54) is 12.1 Å². The summed E-state index contributed by atoms with van der Waals surface area (Å²) in [6.07, 6.45) is 0.732. The molecule has 0 aliphatic rings. The molecule has 1 aromatic heterocycles. The number of sulfonamides is 1. The zero-order chi connectivity index (χ0) is 18.7. The molecule has 0 amide bonds. The van der Waals surface area contributed by atoms with Crippen molar-refractivity contribution in [3.63, 3.8) is 0 Å². The first-order chi connectivity index (χ1) is 11.5. The quantitative estimate of drug-likeness (QED) is 0.726. The van der Waals surface area contributed by atoms with Crippen molar-refractivity contribution in [2.45, 2.75) is 44.6 Å². The van der Waals surface area contributed by atoms with Crippen molar-refractivity contribution in [1.29, 1.82) is 0 Å². The van der Waals surface area contributed by atoms with Gasteiger partial charge in [-0.1, -0.05) is 12.1 Å². The SMILES string of the molecule is Cc1nc(NCCc2ccc(S(N)(=O)=O)cc2)cc(NC(C)(C)C)n1. The maximum absolute atomic E-state index is 11.3. The highest BCUT2D eigenvalue weighted by Crippen LogP contribution is 2.16. The maximum Gasteiger partial charge on any atom is 0.238 e. The summed E-state index contributed by atoms with van der Waals surface area (Å²) in [6.45, 7) is 8.74. The number of rotatable bonds is 6. The Bertz CT molecular complexity index is 827. The van der Waals surface area contributed by atoms with E-state index in [0.717, 1.165) is 23.6 Å². The smallest absolute Gasteiger partial charge is 0.238 e. The number of hydrogen-bond donors (Lipinski definition) is 3. The lowest BCUT2D eigenvalue weighted by molar-refractivity contribution is 0.597. The zero-order valence-corrected chi connectivity index (χ0v) is 15.8. The van der Waals surface area contributed by atoms with Crippen molar-refractivity contribution in [2.24, 2.45) is 5.14 Å². The molecular formula is C17H25N5O2S. The Morgan fingerprint density at radius 3 is 2.24 bits per heavy atom. The number of benzene rings is 1. The van der Waals surface area contributed by atoms with E-state index >= 15 is 0 Å². The minimum atomic E-state index is -3.65. The second-order valence-electron chi connectivity index (χ2n) is 6.93. The van der Waals surface area contributed by atoms with Crippen LogP contribution in [0.5, 0.6) is 0 Å². The number of hydrogen-bond acceptors (Lipinski definition) is 6. The Morgan fingerprint density at radius 2 is 1.68 bits per heavy atom. The third kappa shape index (κ3) is 6.32. The van der Waals surface area contributed by atoms with Crippen molar-refractivity contribution in [2.75, 3.05) is 17.2 Å². The van der Waals surface area contributed by atoms with E-state index in [9.17, 15) is 8.42 Å². The van der Waals surface area contributed by atoms with E-state index in [1.807, 2.05) is 13.0 Å². The minimum Gasteiger partial charge on any atom is -0.370 e. The minimum absolute atomic E-state index is 0.0802. The average molecular weight is 363 g/mol. The van der Waals surface area contributed by atoms with E-state index < -0.39 is 10.0 Å². The molecule has 1 aromatic carbocycles. The van der Waals surface area contributed by atoms with E-state index in [-0.39, 0.29) is 10.4 Å². The third-order valence-electron chi connectivity index (χ3n) is 3.31. The van der Waals surface area contributed by atoms with Crippen LogP contribution in [0.4, 0.5) is 11.6 Å². The van der Waals surface area contributed by atoms with Gasteiger partial charge >= 0.3 is 0 Å². The van der Waals surface area contributed by atoms with E-state index in [1.54, 1.807) is 12.1 Å². The van der Waals surface area contributed by atoms with E-state index in [2.05, 4.69) is 41.4 Å². The maximum atomic E-state index is 11.3. The molecule has 2 rings (SSSR count). The molecule has 4 N–H and O–H groups in total. The van der Waals surface area contributed by atoms with E-state index in [4.69, 9.17) is 5.14 Å². The Labute approximate surface area is 149 Å². The topological polar surface area (TPSA) is 110 Å². The Kier molecular flexibility index (Phi) is 5.64. The summed E-state index contributed by atoms with van der Waals surface area (Å²) in [4.78, 5) is 8.89. The molecule has 0 atom stereocenters. The highest BCUT2D eigenvalue weighted by Gasteiger charge is 2.11. The van der Waals surface area contributed by atoms with Gasteiger partial charge in [0.05, 0.1) is 4.90 Å². The lowest BCUT2D eigenvalue weighted by Gasteiger charge is -2.21. The van der Waals surface area contributed by atoms with Gasteiger partial charge in [-0.15, -0.1) is 0 Å². The van der Waals surface area contributed by atoms with E-state index in [0.29, 0.717) is 12.4 Å². The molecule has 1 heterocycles. The summed E-state index contributed by atoms with van der Waals surface area (Å²) in [5, 5.41) is 11.7. The highest BCUT2D eigenvalue weighted by molar-refractivity contribution is 7.89. The Balaban J connectivity index is 1.97. The van der Waals surface area contributed by atoms with Gasteiger partial charge in [0.2, 0.25) is 10.0 Å². The largest absolute Gasteiger partial charge is 0.370 e.